The minimum atomic E-state index is 0.215. The Morgan fingerprint density at radius 1 is 1.17 bits per heavy atom. The van der Waals surface area contributed by atoms with Gasteiger partial charge in [0.2, 0.25) is 0 Å². The van der Waals surface area contributed by atoms with Gasteiger partial charge in [-0.3, -0.25) is 0 Å². The van der Waals surface area contributed by atoms with Crippen LogP contribution >= 0.6 is 0 Å². The van der Waals surface area contributed by atoms with Gasteiger partial charge in [0.1, 0.15) is 0 Å². The Morgan fingerprint density at radius 3 is 2.38 bits per heavy atom. The second kappa shape index (κ2) is 13.0. The third-order valence-electron chi connectivity index (χ3n) is 6.29. The highest BCUT2D eigenvalue weighted by Crippen LogP contribution is 2.47. The molecule has 0 heterocycles. The quantitative estimate of drug-likeness (QED) is 0.463. The first kappa shape index (κ1) is 25.7. The summed E-state index contributed by atoms with van der Waals surface area (Å²) in [7, 11) is 2.23. The van der Waals surface area contributed by atoms with Crippen molar-refractivity contribution in [1.29, 1.82) is 0 Å². The minimum Gasteiger partial charge on any atom is -0.327 e. The number of likely N-dealkylation sites (N-methyl/N-ethyl adjacent to an activating group) is 1. The number of benzene rings is 1. The molecule has 0 amide bonds. The zero-order valence-electron chi connectivity index (χ0n) is 20.0. The molecule has 2 heteroatoms. The number of hydrogen-bond donors (Lipinski definition) is 1. The molecule has 164 valence electrons. The predicted octanol–water partition coefficient (Wildman–Crippen LogP) is 6.81. The molecule has 0 saturated heterocycles. The zero-order chi connectivity index (χ0) is 21.9. The standard InChI is InChI=1S/C25H40N2.C2H6/c1-6-8-12-22-13-14-23(17-21(22)7-2)24(19-27(5)18-20(3)26)25(4)15-10-9-11-16-25;1-2/h6,8,12-14,17,20,24H,1,7,9-11,15-16,18-19,26H2,2-5H3;1-2H3/b12-8-;. The van der Waals surface area contributed by atoms with Crippen molar-refractivity contribution in [3.8, 4) is 0 Å². The van der Waals surface area contributed by atoms with Crippen LogP contribution in [0.3, 0.4) is 0 Å². The van der Waals surface area contributed by atoms with E-state index in [-0.39, 0.29) is 6.04 Å². The summed E-state index contributed by atoms with van der Waals surface area (Å²) >= 11 is 0. The van der Waals surface area contributed by atoms with Crippen LogP contribution in [-0.2, 0) is 6.42 Å². The summed E-state index contributed by atoms with van der Waals surface area (Å²) < 4.78 is 0. The summed E-state index contributed by atoms with van der Waals surface area (Å²) in [5.74, 6) is 0.560. The van der Waals surface area contributed by atoms with Crippen molar-refractivity contribution in [3.63, 3.8) is 0 Å². The molecule has 1 fully saturated rings. The van der Waals surface area contributed by atoms with Crippen LogP contribution in [0.1, 0.15) is 89.3 Å². The Kier molecular flexibility index (Phi) is 11.5. The van der Waals surface area contributed by atoms with Gasteiger partial charge in [-0.05, 0) is 55.3 Å². The molecular weight excluding hydrogens is 352 g/mol. The molecule has 0 aromatic heterocycles. The molecular formula is C27H46N2. The Labute approximate surface area is 181 Å². The Hall–Kier alpha value is -1.38. The lowest BCUT2D eigenvalue weighted by Crippen LogP contribution is -2.40. The molecule has 1 aliphatic rings. The Morgan fingerprint density at radius 2 is 1.83 bits per heavy atom. The van der Waals surface area contributed by atoms with Crippen molar-refractivity contribution in [2.45, 2.75) is 85.1 Å². The SMILES string of the molecule is C=C/C=C\c1ccc(C(CN(C)CC(C)N)C2(C)CCCCC2)cc1CC.CC. The summed E-state index contributed by atoms with van der Waals surface area (Å²) in [6.45, 7) is 16.7. The predicted molar refractivity (Wildman–Crippen MR) is 131 cm³/mol. The lowest BCUT2D eigenvalue weighted by Gasteiger charge is -2.43. The zero-order valence-corrected chi connectivity index (χ0v) is 20.0. The topological polar surface area (TPSA) is 29.3 Å². The molecule has 0 bridgehead atoms. The first-order chi connectivity index (χ1) is 13.9. The van der Waals surface area contributed by atoms with Crippen molar-refractivity contribution < 1.29 is 0 Å². The van der Waals surface area contributed by atoms with Crippen LogP contribution in [0.2, 0.25) is 0 Å². The molecule has 1 saturated carbocycles. The fraction of sp³-hybridized carbons (Fsp3) is 0.630. The third-order valence-corrected chi connectivity index (χ3v) is 6.29. The molecule has 2 rings (SSSR count). The van der Waals surface area contributed by atoms with Gasteiger partial charge >= 0.3 is 0 Å². The van der Waals surface area contributed by atoms with Gasteiger partial charge in [-0.15, -0.1) is 0 Å². The molecule has 0 radical (unpaired) electrons. The molecule has 2 atom stereocenters. The van der Waals surface area contributed by atoms with Gasteiger partial charge in [0.05, 0.1) is 0 Å². The Bertz CT molecular complexity index is 623. The van der Waals surface area contributed by atoms with E-state index >= 15 is 0 Å². The van der Waals surface area contributed by atoms with Crippen LogP contribution in [0.25, 0.3) is 6.08 Å². The highest BCUT2D eigenvalue weighted by atomic mass is 15.1. The summed E-state index contributed by atoms with van der Waals surface area (Å²) in [5, 5.41) is 0. The van der Waals surface area contributed by atoms with Gasteiger partial charge in [0.25, 0.3) is 0 Å². The average Bonchev–Trinajstić information content (AvgIpc) is 2.72. The van der Waals surface area contributed by atoms with Gasteiger partial charge in [-0.1, -0.05) is 90.0 Å². The van der Waals surface area contributed by atoms with Crippen molar-refractivity contribution in [2.75, 3.05) is 20.1 Å². The van der Waals surface area contributed by atoms with Crippen LogP contribution in [0.15, 0.2) is 36.9 Å². The molecule has 1 aromatic carbocycles. The largest absolute Gasteiger partial charge is 0.327 e. The average molecular weight is 399 g/mol. The molecule has 29 heavy (non-hydrogen) atoms. The van der Waals surface area contributed by atoms with E-state index in [1.807, 2.05) is 26.0 Å². The normalized spacial score (nSPS) is 18.2. The van der Waals surface area contributed by atoms with E-state index in [4.69, 9.17) is 5.73 Å². The first-order valence-corrected chi connectivity index (χ1v) is 11.8. The van der Waals surface area contributed by atoms with Crippen molar-refractivity contribution >= 4 is 6.08 Å². The number of nitrogens with two attached hydrogens (primary N) is 1. The first-order valence-electron chi connectivity index (χ1n) is 11.8. The maximum Gasteiger partial charge on any atom is 0.0139 e. The summed E-state index contributed by atoms with van der Waals surface area (Å²) in [5.41, 5.74) is 10.7. The van der Waals surface area contributed by atoms with E-state index in [1.165, 1.54) is 48.8 Å². The number of nitrogens with zero attached hydrogens (tertiary/aromatic N) is 1. The number of allylic oxidation sites excluding steroid dienone is 2. The van der Waals surface area contributed by atoms with Gasteiger partial charge in [-0.2, -0.15) is 0 Å². The van der Waals surface area contributed by atoms with Crippen molar-refractivity contribution in [1.82, 2.24) is 4.90 Å². The fourth-order valence-corrected chi connectivity index (χ4v) is 4.80. The van der Waals surface area contributed by atoms with Crippen LogP contribution in [0, 0.1) is 5.41 Å². The summed E-state index contributed by atoms with van der Waals surface area (Å²) in [4.78, 5) is 2.44. The van der Waals surface area contributed by atoms with Crippen molar-refractivity contribution in [3.05, 3.63) is 53.6 Å². The smallest absolute Gasteiger partial charge is 0.0139 e. The number of hydrogen-bond acceptors (Lipinski definition) is 2. The van der Waals surface area contributed by atoms with E-state index in [0.29, 0.717) is 11.3 Å². The van der Waals surface area contributed by atoms with Crippen molar-refractivity contribution in [2.24, 2.45) is 11.1 Å². The molecule has 0 spiro atoms. The van der Waals surface area contributed by atoms with E-state index in [1.54, 1.807) is 0 Å². The second-order valence-corrected chi connectivity index (χ2v) is 8.87. The highest BCUT2D eigenvalue weighted by Gasteiger charge is 2.37. The fourth-order valence-electron chi connectivity index (χ4n) is 4.80. The van der Waals surface area contributed by atoms with Gasteiger partial charge in [0, 0.05) is 25.0 Å². The van der Waals surface area contributed by atoms with E-state index in [0.717, 1.165) is 19.5 Å². The molecule has 2 nitrogen and oxygen atoms in total. The number of aryl methyl sites for hydroxylation is 1. The summed E-state index contributed by atoms with van der Waals surface area (Å²) in [6.07, 6.45) is 13.9. The van der Waals surface area contributed by atoms with Gasteiger partial charge < -0.3 is 10.6 Å². The number of rotatable bonds is 9. The van der Waals surface area contributed by atoms with E-state index in [2.05, 4.69) is 63.6 Å². The van der Waals surface area contributed by atoms with Crippen LogP contribution in [0.5, 0.6) is 0 Å². The molecule has 0 aliphatic heterocycles. The van der Waals surface area contributed by atoms with E-state index < -0.39 is 0 Å². The minimum absolute atomic E-state index is 0.215. The van der Waals surface area contributed by atoms with Gasteiger partial charge in [-0.25, -0.2) is 0 Å². The highest BCUT2D eigenvalue weighted by molar-refractivity contribution is 5.56. The van der Waals surface area contributed by atoms with Crippen LogP contribution in [-0.4, -0.2) is 31.1 Å². The molecule has 2 unspecified atom stereocenters. The molecule has 2 N–H and O–H groups in total. The lowest BCUT2D eigenvalue weighted by molar-refractivity contribution is 0.134. The maximum absolute atomic E-state index is 6.07. The maximum atomic E-state index is 6.07. The van der Waals surface area contributed by atoms with Crippen LogP contribution in [0.4, 0.5) is 0 Å². The lowest BCUT2D eigenvalue weighted by atomic mass is 9.64. The molecule has 1 aliphatic carbocycles. The Balaban J connectivity index is 0.00000204. The van der Waals surface area contributed by atoms with Crippen LogP contribution < -0.4 is 5.73 Å². The second-order valence-electron chi connectivity index (χ2n) is 8.87. The monoisotopic (exact) mass is 398 g/mol. The summed E-state index contributed by atoms with van der Waals surface area (Å²) in [6, 6.07) is 7.35. The van der Waals surface area contributed by atoms with Gasteiger partial charge in [0.15, 0.2) is 0 Å². The van der Waals surface area contributed by atoms with E-state index in [9.17, 15) is 0 Å². The molecule has 1 aromatic rings. The third kappa shape index (κ3) is 7.75.